The van der Waals surface area contributed by atoms with Gasteiger partial charge in [-0.15, -0.1) is 0 Å². The lowest BCUT2D eigenvalue weighted by molar-refractivity contribution is 0.682. The van der Waals surface area contributed by atoms with Crippen LogP contribution in [0.25, 0.3) is 0 Å². The summed E-state index contributed by atoms with van der Waals surface area (Å²) in [5.41, 5.74) is 0. The lowest BCUT2D eigenvalue weighted by Gasteiger charge is -2.01. The molecule has 0 spiro atoms. The number of hydrogen-bond donors (Lipinski definition) is 1. The van der Waals surface area contributed by atoms with Crippen LogP contribution < -0.4 is 5.14 Å². The van der Waals surface area contributed by atoms with Crippen molar-refractivity contribution < 1.29 is 4.21 Å². The van der Waals surface area contributed by atoms with Crippen LogP contribution in [-0.4, -0.2) is 11.3 Å². The molecule has 0 saturated carbocycles. The minimum atomic E-state index is -2.62. The molecule has 0 radical (unpaired) electrons. The lowest BCUT2D eigenvalue weighted by atomic mass is 10.4. The normalized spacial score (nSPS) is 18.4. The van der Waals surface area contributed by atoms with Crippen molar-refractivity contribution in [3.63, 3.8) is 0 Å². The Balaban J connectivity index is 5.00. The summed E-state index contributed by atoms with van der Waals surface area (Å²) in [6.07, 6.45) is 5.19. The highest BCUT2D eigenvalue weighted by atomic mass is 32.2. The Morgan fingerprint density at radius 2 is 2.09 bits per heavy atom. The lowest BCUT2D eigenvalue weighted by Crippen LogP contribution is -2.12. The van der Waals surface area contributed by atoms with E-state index >= 15 is 0 Å². The first-order valence-electron chi connectivity index (χ1n) is 3.30. The van der Waals surface area contributed by atoms with Gasteiger partial charge in [-0.25, -0.2) is 13.7 Å². The first-order valence-corrected chi connectivity index (χ1v) is 4.88. The van der Waals surface area contributed by atoms with Crippen molar-refractivity contribution >= 4 is 9.92 Å². The zero-order chi connectivity index (χ0) is 8.91. The topological polar surface area (TPSA) is 55.5 Å². The average Bonchev–Trinajstić information content (AvgIpc) is 2.00. The molecule has 0 bridgehead atoms. The van der Waals surface area contributed by atoms with Crippen LogP contribution in [0.3, 0.4) is 0 Å². The van der Waals surface area contributed by atoms with Crippen LogP contribution in [0.4, 0.5) is 0 Å². The van der Waals surface area contributed by atoms with E-state index in [-0.39, 0.29) is 0 Å². The van der Waals surface area contributed by atoms with Gasteiger partial charge in [0.2, 0.25) is 0 Å². The van der Waals surface area contributed by atoms with Gasteiger partial charge in [-0.2, -0.15) is 0 Å². The van der Waals surface area contributed by atoms with Crippen molar-refractivity contribution in [2.45, 2.75) is 13.8 Å². The van der Waals surface area contributed by atoms with Crippen molar-refractivity contribution in [1.82, 2.24) is 0 Å². The molecule has 0 aliphatic rings. The quantitative estimate of drug-likeness (QED) is 0.633. The molecular weight excluding hydrogens is 160 g/mol. The molecule has 0 aromatic heterocycles. The summed E-state index contributed by atoms with van der Waals surface area (Å²) < 4.78 is 15.0. The minimum Gasteiger partial charge on any atom is -0.241 e. The molecule has 1 unspecified atom stereocenters. The van der Waals surface area contributed by atoms with Crippen LogP contribution in [-0.2, 0) is 9.92 Å². The Morgan fingerprint density at radius 3 is 2.36 bits per heavy atom. The van der Waals surface area contributed by atoms with Gasteiger partial charge in [0.1, 0.15) is 9.92 Å². The van der Waals surface area contributed by atoms with E-state index in [0.29, 0.717) is 4.91 Å². The van der Waals surface area contributed by atoms with Crippen molar-refractivity contribution in [3.8, 4) is 0 Å². The zero-order valence-corrected chi connectivity index (χ0v) is 7.89. The molecule has 0 aliphatic heterocycles. The van der Waals surface area contributed by atoms with Gasteiger partial charge in [-0.3, -0.25) is 0 Å². The molecule has 0 amide bonds. The van der Waals surface area contributed by atoms with Crippen molar-refractivity contribution in [1.29, 1.82) is 0 Å². The molecule has 2 N–H and O–H groups in total. The number of nitrogens with two attached hydrogens (primary N) is 1. The number of allylic oxidation sites excluding steroid dienone is 3. The molecule has 3 nitrogen and oxygen atoms in total. The zero-order valence-electron chi connectivity index (χ0n) is 7.07. The van der Waals surface area contributed by atoms with Crippen LogP contribution in [0.5, 0.6) is 0 Å². The molecule has 0 fully saturated rings. The number of nitrogens with zero attached hydrogens (tertiary/aromatic N) is 1. The molecular formula is C7H14N2OS. The molecule has 0 heterocycles. The van der Waals surface area contributed by atoms with Crippen LogP contribution >= 0.6 is 0 Å². The fraction of sp³-hybridized carbons (Fsp3) is 0.429. The Hall–Kier alpha value is -0.610. The molecule has 64 valence electrons. The van der Waals surface area contributed by atoms with Crippen molar-refractivity contribution in [2.24, 2.45) is 9.50 Å². The van der Waals surface area contributed by atoms with Gasteiger partial charge < -0.3 is 0 Å². The molecule has 0 aromatic carbocycles. The molecule has 0 aromatic rings. The summed E-state index contributed by atoms with van der Waals surface area (Å²) >= 11 is 0. The van der Waals surface area contributed by atoms with Gasteiger partial charge in [-0.1, -0.05) is 12.2 Å². The van der Waals surface area contributed by atoms with Gasteiger partial charge in [0.15, 0.2) is 0 Å². The monoisotopic (exact) mass is 174 g/mol. The maximum absolute atomic E-state index is 11.4. The fourth-order valence-electron chi connectivity index (χ4n) is 0.632. The van der Waals surface area contributed by atoms with Gasteiger partial charge in [0, 0.05) is 7.05 Å². The highest BCUT2D eigenvalue weighted by Crippen LogP contribution is 2.05. The van der Waals surface area contributed by atoms with E-state index in [1.807, 2.05) is 6.92 Å². The second kappa shape index (κ2) is 4.31. The van der Waals surface area contributed by atoms with Gasteiger partial charge >= 0.3 is 0 Å². The Kier molecular flexibility index (Phi) is 4.07. The highest BCUT2D eigenvalue weighted by molar-refractivity contribution is 7.95. The predicted octanol–water partition coefficient (Wildman–Crippen LogP) is 1.44. The molecule has 11 heavy (non-hydrogen) atoms. The second-order valence-electron chi connectivity index (χ2n) is 1.94. The van der Waals surface area contributed by atoms with E-state index < -0.39 is 9.92 Å². The second-order valence-corrected chi connectivity index (χ2v) is 3.92. The standard InChI is InChI=1S/C7H14N2OS/c1-4-6-7(5-2)11(8,10)9-3/h4-6H,1-3H3,(H2,8,9,10)/b6-4-,7-5+. The smallest absolute Gasteiger partial charge is 0.134 e. The van der Waals surface area contributed by atoms with Crippen molar-refractivity contribution in [2.75, 3.05) is 7.05 Å². The van der Waals surface area contributed by atoms with Gasteiger partial charge in [0.25, 0.3) is 0 Å². The van der Waals surface area contributed by atoms with Crippen LogP contribution in [0.15, 0.2) is 27.5 Å². The third-order valence-corrected chi connectivity index (χ3v) is 2.81. The summed E-state index contributed by atoms with van der Waals surface area (Å²) in [6, 6.07) is 0. The predicted molar refractivity (Wildman–Crippen MR) is 49.3 cm³/mol. The molecule has 1 atom stereocenters. The first-order chi connectivity index (χ1) is 5.08. The number of rotatable bonds is 2. The fourth-order valence-corrected chi connectivity index (χ4v) is 1.51. The van der Waals surface area contributed by atoms with Crippen LogP contribution in [0.1, 0.15) is 13.8 Å². The van der Waals surface area contributed by atoms with E-state index in [0.717, 1.165) is 0 Å². The van der Waals surface area contributed by atoms with E-state index in [4.69, 9.17) is 5.14 Å². The molecule has 0 aliphatic carbocycles. The maximum atomic E-state index is 11.4. The van der Waals surface area contributed by atoms with Crippen LogP contribution in [0.2, 0.25) is 0 Å². The van der Waals surface area contributed by atoms with E-state index in [1.54, 1.807) is 25.2 Å². The summed E-state index contributed by atoms with van der Waals surface area (Å²) in [6.45, 7) is 3.63. The third kappa shape index (κ3) is 2.86. The maximum Gasteiger partial charge on any atom is 0.134 e. The van der Waals surface area contributed by atoms with E-state index in [2.05, 4.69) is 4.36 Å². The van der Waals surface area contributed by atoms with E-state index in [1.165, 1.54) is 7.05 Å². The molecule has 0 saturated heterocycles. The van der Waals surface area contributed by atoms with E-state index in [9.17, 15) is 4.21 Å². The third-order valence-electron chi connectivity index (χ3n) is 1.22. The Bertz CT molecular complexity index is 283. The summed E-state index contributed by atoms with van der Waals surface area (Å²) in [5.74, 6) is 0. The Labute approximate surface area is 68.3 Å². The van der Waals surface area contributed by atoms with Gasteiger partial charge in [-0.05, 0) is 19.9 Å². The molecule has 4 heteroatoms. The summed E-state index contributed by atoms with van der Waals surface area (Å²) in [7, 11) is -1.17. The highest BCUT2D eigenvalue weighted by Gasteiger charge is 2.02. The SMILES string of the molecule is C/C=C\C(=C/C)S(N)(=O)=NC. The minimum absolute atomic E-state index is 0.572. The Morgan fingerprint density at radius 1 is 1.55 bits per heavy atom. The summed E-state index contributed by atoms with van der Waals surface area (Å²) in [4.78, 5) is 0.572. The molecule has 0 rings (SSSR count). The van der Waals surface area contributed by atoms with Crippen LogP contribution in [0, 0.1) is 0 Å². The average molecular weight is 174 g/mol. The largest absolute Gasteiger partial charge is 0.241 e. The number of hydrogen-bond acceptors (Lipinski definition) is 2. The first kappa shape index (κ1) is 10.4. The van der Waals surface area contributed by atoms with Crippen molar-refractivity contribution in [3.05, 3.63) is 23.1 Å². The van der Waals surface area contributed by atoms with Gasteiger partial charge in [0.05, 0.1) is 4.91 Å². The summed E-state index contributed by atoms with van der Waals surface area (Å²) in [5, 5.41) is 5.40.